The Kier molecular flexibility index (Phi) is 6.26. The minimum atomic E-state index is -0.313. The first kappa shape index (κ1) is 20.7. The predicted molar refractivity (Wildman–Crippen MR) is 116 cm³/mol. The van der Waals surface area contributed by atoms with Gasteiger partial charge in [-0.2, -0.15) is 0 Å². The molecule has 0 spiro atoms. The van der Waals surface area contributed by atoms with E-state index >= 15 is 0 Å². The van der Waals surface area contributed by atoms with Crippen LogP contribution in [0, 0.1) is 11.6 Å². The zero-order valence-corrected chi connectivity index (χ0v) is 17.3. The molecule has 0 aliphatic carbocycles. The Labute approximate surface area is 177 Å². The molecule has 0 aromatic heterocycles. The third-order valence-corrected chi connectivity index (χ3v) is 6.11. The predicted octanol–water partition coefficient (Wildman–Crippen LogP) is 5.81. The largest absolute Gasteiger partial charge is 0.376 e. The van der Waals surface area contributed by atoms with Crippen LogP contribution in [0.1, 0.15) is 24.0 Å². The van der Waals surface area contributed by atoms with Gasteiger partial charge in [-0.15, -0.1) is 0 Å². The second kappa shape index (κ2) is 9.07. The second-order valence-electron chi connectivity index (χ2n) is 8.30. The molecule has 3 aromatic rings. The van der Waals surface area contributed by atoms with Crippen LogP contribution in [0.2, 0.25) is 0 Å². The van der Waals surface area contributed by atoms with Crippen LogP contribution in [0.25, 0.3) is 11.1 Å². The lowest BCUT2D eigenvalue weighted by Gasteiger charge is -2.41. The van der Waals surface area contributed by atoms with E-state index in [0.29, 0.717) is 13.2 Å². The Bertz CT molecular complexity index is 964. The van der Waals surface area contributed by atoms with E-state index in [9.17, 15) is 8.78 Å². The van der Waals surface area contributed by atoms with Crippen molar-refractivity contribution < 1.29 is 13.5 Å². The quantitative estimate of drug-likeness (QED) is 0.511. The third-order valence-electron chi connectivity index (χ3n) is 6.11. The molecule has 0 bridgehead atoms. The molecule has 30 heavy (non-hydrogen) atoms. The van der Waals surface area contributed by atoms with Crippen LogP contribution in [-0.4, -0.2) is 31.6 Å². The van der Waals surface area contributed by atoms with Crippen LogP contribution < -0.4 is 0 Å². The lowest BCUT2D eigenvalue weighted by atomic mass is 9.73. The summed E-state index contributed by atoms with van der Waals surface area (Å²) in [6, 6.07) is 21.6. The van der Waals surface area contributed by atoms with Crippen LogP contribution >= 0.6 is 0 Å². The van der Waals surface area contributed by atoms with Crippen LogP contribution in [0.4, 0.5) is 8.78 Å². The molecule has 1 saturated heterocycles. The Morgan fingerprint density at radius 2 is 1.53 bits per heavy atom. The van der Waals surface area contributed by atoms with Gasteiger partial charge in [-0.05, 0) is 85.6 Å². The first-order valence-electron chi connectivity index (χ1n) is 10.4. The maximum atomic E-state index is 14.2. The highest BCUT2D eigenvalue weighted by molar-refractivity contribution is 5.64. The maximum absolute atomic E-state index is 14.2. The summed E-state index contributed by atoms with van der Waals surface area (Å²) in [5, 5.41) is 0. The molecule has 4 heteroatoms. The van der Waals surface area contributed by atoms with Gasteiger partial charge in [0, 0.05) is 5.41 Å². The molecule has 2 nitrogen and oxygen atoms in total. The van der Waals surface area contributed by atoms with Crippen molar-refractivity contribution in [1.82, 2.24) is 4.90 Å². The monoisotopic (exact) mass is 407 g/mol. The van der Waals surface area contributed by atoms with Gasteiger partial charge < -0.3 is 9.64 Å². The molecule has 0 N–H and O–H groups in total. The lowest BCUT2D eigenvalue weighted by molar-refractivity contribution is 0.0407. The number of piperidine rings is 1. The zero-order valence-electron chi connectivity index (χ0n) is 17.3. The van der Waals surface area contributed by atoms with Crippen molar-refractivity contribution in [1.29, 1.82) is 0 Å². The van der Waals surface area contributed by atoms with Gasteiger partial charge >= 0.3 is 0 Å². The first-order valence-corrected chi connectivity index (χ1v) is 10.4. The first-order chi connectivity index (χ1) is 14.5. The molecule has 0 unspecified atom stereocenters. The van der Waals surface area contributed by atoms with Gasteiger partial charge in [-0.1, -0.05) is 42.5 Å². The van der Waals surface area contributed by atoms with E-state index in [1.807, 2.05) is 12.1 Å². The van der Waals surface area contributed by atoms with Crippen LogP contribution in [0.15, 0.2) is 72.8 Å². The summed E-state index contributed by atoms with van der Waals surface area (Å²) < 4.78 is 33.6. The van der Waals surface area contributed by atoms with E-state index in [1.165, 1.54) is 29.8 Å². The fourth-order valence-electron chi connectivity index (χ4n) is 4.26. The summed E-state index contributed by atoms with van der Waals surface area (Å²) in [7, 11) is 2.15. The molecule has 1 heterocycles. The maximum Gasteiger partial charge on any atom is 0.124 e. The molecule has 0 atom stereocenters. The van der Waals surface area contributed by atoms with E-state index < -0.39 is 0 Å². The number of ether oxygens (including phenoxy) is 1. The summed E-state index contributed by atoms with van der Waals surface area (Å²) >= 11 is 0. The number of hydrogen-bond donors (Lipinski definition) is 0. The number of hydrogen-bond acceptors (Lipinski definition) is 2. The van der Waals surface area contributed by atoms with Gasteiger partial charge in [-0.25, -0.2) is 8.78 Å². The molecular weight excluding hydrogens is 380 g/mol. The van der Waals surface area contributed by atoms with Crippen molar-refractivity contribution in [2.45, 2.75) is 24.9 Å². The van der Waals surface area contributed by atoms with E-state index in [4.69, 9.17) is 4.74 Å². The Morgan fingerprint density at radius 3 is 2.23 bits per heavy atom. The molecule has 1 aliphatic rings. The average Bonchev–Trinajstić information content (AvgIpc) is 2.76. The topological polar surface area (TPSA) is 12.5 Å². The Balaban J connectivity index is 1.49. The Morgan fingerprint density at radius 1 is 0.833 bits per heavy atom. The van der Waals surface area contributed by atoms with Crippen molar-refractivity contribution in [3.63, 3.8) is 0 Å². The fourth-order valence-corrected chi connectivity index (χ4v) is 4.26. The second-order valence-corrected chi connectivity index (χ2v) is 8.30. The van der Waals surface area contributed by atoms with Crippen molar-refractivity contribution in [2.24, 2.45) is 0 Å². The van der Waals surface area contributed by atoms with E-state index in [2.05, 4.69) is 36.2 Å². The average molecular weight is 408 g/mol. The highest BCUT2D eigenvalue weighted by Gasteiger charge is 2.35. The van der Waals surface area contributed by atoms with Gasteiger partial charge in [0.2, 0.25) is 0 Å². The number of rotatable bonds is 6. The smallest absolute Gasteiger partial charge is 0.124 e. The number of likely N-dealkylation sites (tertiary alicyclic amines) is 1. The van der Waals surface area contributed by atoms with E-state index in [0.717, 1.165) is 42.6 Å². The molecule has 3 aromatic carbocycles. The molecule has 0 saturated carbocycles. The van der Waals surface area contributed by atoms with Crippen LogP contribution in [-0.2, 0) is 16.8 Å². The molecule has 1 fully saturated rings. The number of benzene rings is 3. The van der Waals surface area contributed by atoms with Gasteiger partial charge in [-0.3, -0.25) is 0 Å². The summed E-state index contributed by atoms with van der Waals surface area (Å²) in [5.74, 6) is -0.615. The minimum absolute atomic E-state index is 0.0130. The normalized spacial score (nSPS) is 16.5. The van der Waals surface area contributed by atoms with E-state index in [-0.39, 0.29) is 17.0 Å². The van der Waals surface area contributed by atoms with Crippen molar-refractivity contribution >= 4 is 0 Å². The highest BCUT2D eigenvalue weighted by atomic mass is 19.1. The molecular formula is C26H27F2NO. The number of halogens is 2. The van der Waals surface area contributed by atoms with Crippen molar-refractivity contribution in [2.75, 3.05) is 26.7 Å². The minimum Gasteiger partial charge on any atom is -0.376 e. The number of nitrogens with zero attached hydrogens (tertiary/aromatic N) is 1. The molecule has 4 rings (SSSR count). The molecule has 156 valence electrons. The SMILES string of the molecule is CN1CCC(COCc2cc(F)cc(-c3ccc(F)cc3)c2)(c2ccccc2)CC1. The summed E-state index contributed by atoms with van der Waals surface area (Å²) in [4.78, 5) is 2.35. The zero-order chi connectivity index (χ0) is 21.0. The van der Waals surface area contributed by atoms with E-state index in [1.54, 1.807) is 12.1 Å². The molecule has 0 radical (unpaired) electrons. The van der Waals surface area contributed by atoms with Crippen LogP contribution in [0.5, 0.6) is 0 Å². The van der Waals surface area contributed by atoms with Gasteiger partial charge in [0.05, 0.1) is 13.2 Å². The standard InChI is InChI=1S/C26H27F2NO/c1-29-13-11-26(12-14-29,23-5-3-2-4-6-23)19-30-18-20-15-22(17-25(28)16-20)21-7-9-24(27)10-8-21/h2-10,15-17H,11-14,18-19H2,1H3. The van der Waals surface area contributed by atoms with Gasteiger partial charge in [0.1, 0.15) is 11.6 Å². The van der Waals surface area contributed by atoms with Gasteiger partial charge in [0.25, 0.3) is 0 Å². The third kappa shape index (κ3) is 4.77. The van der Waals surface area contributed by atoms with Crippen molar-refractivity contribution in [3.8, 4) is 11.1 Å². The fraction of sp³-hybridized carbons (Fsp3) is 0.308. The molecule has 1 aliphatic heterocycles. The highest BCUT2D eigenvalue weighted by Crippen LogP contribution is 2.36. The summed E-state index contributed by atoms with van der Waals surface area (Å²) in [6.45, 7) is 3.02. The Hall–Kier alpha value is -2.56. The summed E-state index contributed by atoms with van der Waals surface area (Å²) in [6.07, 6.45) is 2.08. The molecule has 0 amide bonds. The summed E-state index contributed by atoms with van der Waals surface area (Å²) in [5.41, 5.74) is 3.59. The van der Waals surface area contributed by atoms with Crippen molar-refractivity contribution in [3.05, 3.63) is 95.6 Å². The van der Waals surface area contributed by atoms with Crippen LogP contribution in [0.3, 0.4) is 0 Å². The van der Waals surface area contributed by atoms with Gasteiger partial charge in [0.15, 0.2) is 0 Å². The lowest BCUT2D eigenvalue weighted by Crippen LogP contribution is -2.43.